The summed E-state index contributed by atoms with van der Waals surface area (Å²) in [6.45, 7) is 0.336. The van der Waals surface area contributed by atoms with Crippen LogP contribution in [0.2, 0.25) is 20.1 Å². The molecule has 6 rings (SSSR count). The Balaban J connectivity index is 1.18. The highest BCUT2D eigenvalue weighted by Crippen LogP contribution is 2.38. The van der Waals surface area contributed by atoms with Gasteiger partial charge in [0.05, 0.1) is 37.1 Å². The first-order valence-corrected chi connectivity index (χ1v) is 14.5. The number of imidazole rings is 2. The zero-order chi connectivity index (χ0) is 29.2. The van der Waals surface area contributed by atoms with E-state index < -0.39 is 0 Å². The zero-order valence-electron chi connectivity index (χ0n) is 22.0. The van der Waals surface area contributed by atoms with Crippen LogP contribution in [0.25, 0.3) is 44.8 Å². The molecule has 0 spiro atoms. The van der Waals surface area contributed by atoms with E-state index in [4.69, 9.17) is 46.4 Å². The molecule has 0 saturated carbocycles. The van der Waals surface area contributed by atoms with Gasteiger partial charge in [-0.15, -0.1) is 0 Å². The summed E-state index contributed by atoms with van der Waals surface area (Å²) in [7, 11) is 0. The Bertz CT molecular complexity index is 1790. The van der Waals surface area contributed by atoms with Gasteiger partial charge in [-0.1, -0.05) is 107 Å². The van der Waals surface area contributed by atoms with Gasteiger partial charge in [0.1, 0.15) is 0 Å². The number of Topliss-reactive ketones (excluding diaryl/α,β-unsaturated/α-hetero) is 1. The number of hydrogen-bond acceptors (Lipinski definition) is 3. The lowest BCUT2D eigenvalue weighted by Gasteiger charge is -2.10. The van der Waals surface area contributed by atoms with Crippen molar-refractivity contribution in [3.8, 4) is 44.8 Å². The first kappa shape index (κ1) is 28.3. The van der Waals surface area contributed by atoms with Crippen molar-refractivity contribution >= 4 is 52.2 Å². The first-order valence-electron chi connectivity index (χ1n) is 13.0. The third-order valence-corrected chi connectivity index (χ3v) is 7.93. The molecule has 0 radical (unpaired) electrons. The maximum absolute atomic E-state index is 13.0. The summed E-state index contributed by atoms with van der Waals surface area (Å²) < 4.78 is 3.57. The van der Waals surface area contributed by atoms with Crippen molar-refractivity contribution in [3.63, 3.8) is 0 Å². The van der Waals surface area contributed by atoms with E-state index in [0.717, 1.165) is 44.8 Å². The van der Waals surface area contributed by atoms with Crippen LogP contribution in [0.15, 0.2) is 110 Å². The van der Waals surface area contributed by atoms with Crippen LogP contribution < -0.4 is 0 Å². The minimum Gasteiger partial charge on any atom is -0.329 e. The molecule has 6 aromatic rings. The number of rotatable bonds is 8. The van der Waals surface area contributed by atoms with Crippen LogP contribution in [-0.4, -0.2) is 24.9 Å². The molecule has 0 unspecified atom stereocenters. The van der Waals surface area contributed by atoms with Crippen LogP contribution in [0, 0.1) is 0 Å². The minimum absolute atomic E-state index is 0.00552. The van der Waals surface area contributed by atoms with Crippen molar-refractivity contribution in [2.75, 3.05) is 0 Å². The number of ketones is 1. The molecule has 4 aromatic carbocycles. The van der Waals surface area contributed by atoms with Gasteiger partial charge in [-0.25, -0.2) is 9.97 Å². The average molecular weight is 632 g/mol. The van der Waals surface area contributed by atoms with Crippen molar-refractivity contribution in [3.05, 3.63) is 130 Å². The Labute approximate surface area is 262 Å². The maximum Gasteiger partial charge on any atom is 0.172 e. The minimum atomic E-state index is 0.00552. The quantitative estimate of drug-likeness (QED) is 0.168. The summed E-state index contributed by atoms with van der Waals surface area (Å²) in [6, 6.07) is 26.6. The number of carbonyl (C=O) groups excluding carboxylic acids is 1. The topological polar surface area (TPSA) is 52.7 Å². The first-order chi connectivity index (χ1) is 20.4. The summed E-state index contributed by atoms with van der Waals surface area (Å²) in [5.74, 6) is 0.00552. The molecule has 0 fully saturated rings. The van der Waals surface area contributed by atoms with E-state index in [1.165, 1.54) is 0 Å². The fraction of sp³-hybridized carbons (Fsp3) is 0.0606. The molecule has 0 amide bonds. The lowest BCUT2D eigenvalue weighted by Crippen LogP contribution is -2.14. The van der Waals surface area contributed by atoms with Crippen LogP contribution in [0.4, 0.5) is 0 Å². The van der Waals surface area contributed by atoms with Crippen molar-refractivity contribution in [1.29, 1.82) is 0 Å². The Morgan fingerprint density at radius 1 is 0.548 bits per heavy atom. The molecule has 0 aliphatic heterocycles. The van der Waals surface area contributed by atoms with Gasteiger partial charge in [0.2, 0.25) is 0 Å². The average Bonchev–Trinajstić information content (AvgIpc) is 3.63. The van der Waals surface area contributed by atoms with Gasteiger partial charge in [-0.3, -0.25) is 4.79 Å². The smallest absolute Gasteiger partial charge is 0.172 e. The molecule has 9 heteroatoms. The molecule has 5 nitrogen and oxygen atoms in total. The predicted octanol–water partition coefficient (Wildman–Crippen LogP) is 9.63. The molecule has 2 heterocycles. The van der Waals surface area contributed by atoms with Gasteiger partial charge in [0, 0.05) is 54.7 Å². The van der Waals surface area contributed by atoms with Crippen LogP contribution >= 0.6 is 46.4 Å². The fourth-order valence-electron chi connectivity index (χ4n) is 4.93. The molecule has 0 bridgehead atoms. The van der Waals surface area contributed by atoms with Gasteiger partial charge < -0.3 is 9.13 Å². The highest BCUT2D eigenvalue weighted by Gasteiger charge is 2.15. The molecule has 208 valence electrons. The van der Waals surface area contributed by atoms with Crippen molar-refractivity contribution in [2.45, 2.75) is 13.1 Å². The van der Waals surface area contributed by atoms with E-state index in [2.05, 4.69) is 9.97 Å². The van der Waals surface area contributed by atoms with E-state index in [1.807, 2.05) is 85.2 Å². The predicted molar refractivity (Wildman–Crippen MR) is 171 cm³/mol. The maximum atomic E-state index is 13.0. The Hall–Kier alpha value is -3.87. The standard InChI is InChI=1S/C33H22Cl4N4O/c34-21-9-11-26(30(36)13-21)24-5-1-3-7-28(24)32-17-40(19-38-32)15-23(42)16-41-18-33(39-20-41)29-8-4-2-6-25(29)27-12-10-22(35)14-31(27)37/h1-14,17-20H,15-16H2. The van der Waals surface area contributed by atoms with Crippen molar-refractivity contribution in [1.82, 2.24) is 19.1 Å². The van der Waals surface area contributed by atoms with E-state index in [9.17, 15) is 4.79 Å². The second-order valence-electron chi connectivity index (χ2n) is 9.74. The molecule has 42 heavy (non-hydrogen) atoms. The van der Waals surface area contributed by atoms with Gasteiger partial charge >= 0.3 is 0 Å². The highest BCUT2D eigenvalue weighted by atomic mass is 35.5. The third-order valence-electron chi connectivity index (χ3n) is 6.83. The van der Waals surface area contributed by atoms with Crippen LogP contribution in [0.1, 0.15) is 0 Å². The molecule has 2 aromatic heterocycles. The molecule has 0 aliphatic carbocycles. The van der Waals surface area contributed by atoms with E-state index >= 15 is 0 Å². The molecule has 0 saturated heterocycles. The molecular formula is C33H22Cl4N4O. The lowest BCUT2D eigenvalue weighted by atomic mass is 9.98. The Morgan fingerprint density at radius 3 is 1.36 bits per heavy atom. The third kappa shape index (κ3) is 6.01. The van der Waals surface area contributed by atoms with E-state index in [0.29, 0.717) is 20.1 Å². The molecule has 0 aliphatic rings. The van der Waals surface area contributed by atoms with Gasteiger partial charge in [-0.2, -0.15) is 0 Å². The number of benzene rings is 4. The number of aromatic nitrogens is 4. The van der Waals surface area contributed by atoms with E-state index in [-0.39, 0.29) is 18.9 Å². The Kier molecular flexibility index (Phi) is 8.18. The van der Waals surface area contributed by atoms with Gasteiger partial charge in [0.15, 0.2) is 5.78 Å². The summed E-state index contributed by atoms with van der Waals surface area (Å²) >= 11 is 25.2. The lowest BCUT2D eigenvalue weighted by molar-refractivity contribution is -0.120. The van der Waals surface area contributed by atoms with Crippen LogP contribution in [-0.2, 0) is 17.9 Å². The largest absolute Gasteiger partial charge is 0.329 e. The summed E-state index contributed by atoms with van der Waals surface area (Å²) in [6.07, 6.45) is 7.07. The van der Waals surface area contributed by atoms with Gasteiger partial charge in [-0.05, 0) is 35.4 Å². The number of nitrogens with zero attached hydrogens (tertiary/aromatic N) is 4. The second kappa shape index (κ2) is 12.2. The summed E-state index contributed by atoms with van der Waals surface area (Å²) in [5, 5.41) is 2.26. The number of halogens is 4. The van der Waals surface area contributed by atoms with Crippen molar-refractivity contribution in [2.24, 2.45) is 0 Å². The summed E-state index contributed by atoms with van der Waals surface area (Å²) in [4.78, 5) is 22.2. The number of hydrogen-bond donors (Lipinski definition) is 0. The van der Waals surface area contributed by atoms with Crippen LogP contribution in [0.3, 0.4) is 0 Å². The van der Waals surface area contributed by atoms with E-state index in [1.54, 1.807) is 33.9 Å². The fourth-order valence-corrected chi connectivity index (χ4v) is 5.95. The molecular weight excluding hydrogens is 610 g/mol. The summed E-state index contributed by atoms with van der Waals surface area (Å²) in [5.41, 5.74) is 6.89. The number of carbonyl (C=O) groups is 1. The highest BCUT2D eigenvalue weighted by molar-refractivity contribution is 6.37. The second-order valence-corrected chi connectivity index (χ2v) is 11.4. The normalized spacial score (nSPS) is 11.1. The molecule has 0 atom stereocenters. The molecule has 0 N–H and O–H groups in total. The zero-order valence-corrected chi connectivity index (χ0v) is 25.0. The van der Waals surface area contributed by atoms with Crippen molar-refractivity contribution < 1.29 is 4.79 Å². The van der Waals surface area contributed by atoms with Crippen LogP contribution in [0.5, 0.6) is 0 Å². The Morgan fingerprint density at radius 2 is 0.952 bits per heavy atom. The SMILES string of the molecule is O=C(Cn1cnc(-c2ccccc2-c2ccc(Cl)cc2Cl)c1)Cn1cnc(-c2ccccc2-c2ccc(Cl)cc2Cl)c1. The van der Waals surface area contributed by atoms with Gasteiger partial charge in [0.25, 0.3) is 0 Å². The monoisotopic (exact) mass is 630 g/mol.